The van der Waals surface area contributed by atoms with Gasteiger partial charge >= 0.3 is 5.97 Å². The Kier molecular flexibility index (Phi) is 7.88. The molecule has 0 heterocycles. The van der Waals surface area contributed by atoms with Gasteiger partial charge in [0.05, 0.1) is 13.7 Å². The average Bonchev–Trinajstić information content (AvgIpc) is 2.57. The van der Waals surface area contributed by atoms with Crippen LogP contribution in [0.5, 0.6) is 0 Å². The largest absolute Gasteiger partial charge is 0.469 e. The molecule has 0 fully saturated rings. The molecule has 8 nitrogen and oxygen atoms in total. The Morgan fingerprint density at radius 1 is 1.17 bits per heavy atom. The van der Waals surface area contributed by atoms with E-state index in [2.05, 4.69) is 20.1 Å². The molecule has 1 N–H and O–H groups in total. The molecule has 0 atom stereocenters. The van der Waals surface area contributed by atoms with Crippen LogP contribution in [0.15, 0.2) is 29.4 Å². The number of methoxy groups -OCH3 is 1. The van der Waals surface area contributed by atoms with E-state index >= 15 is 0 Å². The summed E-state index contributed by atoms with van der Waals surface area (Å²) in [7, 11) is 1.32. The molecule has 0 radical (unpaired) electrons. The summed E-state index contributed by atoms with van der Waals surface area (Å²) in [5.74, 6) is -0.779. The van der Waals surface area contributed by atoms with Gasteiger partial charge in [0.25, 0.3) is 0 Å². The zero-order valence-electron chi connectivity index (χ0n) is 12.8. The first-order chi connectivity index (χ1) is 11.1. The van der Waals surface area contributed by atoms with Gasteiger partial charge in [-0.3, -0.25) is 14.4 Å². The summed E-state index contributed by atoms with van der Waals surface area (Å²) >= 11 is 0. The molecule has 1 amide bonds. The van der Waals surface area contributed by atoms with Crippen LogP contribution < -0.4 is 5.32 Å². The van der Waals surface area contributed by atoms with Gasteiger partial charge in [0.2, 0.25) is 5.91 Å². The lowest BCUT2D eigenvalue weighted by Gasteiger charge is -2.05. The molecular formula is C15H18N4O4. The van der Waals surface area contributed by atoms with Gasteiger partial charge in [0, 0.05) is 29.0 Å². The molecule has 0 aromatic heterocycles. The Bertz CT molecular complexity index is 606. The smallest absolute Gasteiger partial charge is 0.305 e. The van der Waals surface area contributed by atoms with E-state index < -0.39 is 0 Å². The number of Topliss-reactive ketones (excluding diaryl/α,β-unsaturated/α-hetero) is 1. The highest BCUT2D eigenvalue weighted by atomic mass is 16.5. The maximum absolute atomic E-state index is 11.9. The molecule has 1 aromatic carbocycles. The number of ether oxygens (including phenoxy) is 1. The first-order valence-electron chi connectivity index (χ1n) is 7.08. The Morgan fingerprint density at radius 3 is 2.43 bits per heavy atom. The quantitative estimate of drug-likeness (QED) is 0.188. The predicted octanol–water partition coefficient (Wildman–Crippen LogP) is 2.66. The van der Waals surface area contributed by atoms with E-state index in [1.54, 1.807) is 0 Å². The van der Waals surface area contributed by atoms with Gasteiger partial charge in [-0.05, 0) is 18.4 Å². The van der Waals surface area contributed by atoms with Gasteiger partial charge in [-0.25, -0.2) is 0 Å². The van der Waals surface area contributed by atoms with Crippen LogP contribution in [0.2, 0.25) is 0 Å². The molecule has 1 aromatic rings. The zero-order chi connectivity index (χ0) is 17.1. The molecule has 8 heteroatoms. The van der Waals surface area contributed by atoms with Crippen molar-refractivity contribution in [1.29, 1.82) is 0 Å². The number of benzene rings is 1. The second-order valence-electron chi connectivity index (χ2n) is 4.72. The highest BCUT2D eigenvalue weighted by Crippen LogP contribution is 2.13. The fourth-order valence-electron chi connectivity index (χ4n) is 1.79. The van der Waals surface area contributed by atoms with Crippen LogP contribution in [-0.4, -0.2) is 31.3 Å². The molecule has 0 aliphatic rings. The van der Waals surface area contributed by atoms with Crippen LogP contribution in [0.4, 0.5) is 5.69 Å². The number of hydrogen-bond donors (Lipinski definition) is 1. The predicted molar refractivity (Wildman–Crippen MR) is 83.1 cm³/mol. The number of ketones is 1. The summed E-state index contributed by atoms with van der Waals surface area (Å²) in [6.45, 7) is -0.100. The van der Waals surface area contributed by atoms with Crippen molar-refractivity contribution >= 4 is 23.3 Å². The van der Waals surface area contributed by atoms with Gasteiger partial charge < -0.3 is 10.1 Å². The highest BCUT2D eigenvalue weighted by molar-refractivity contribution is 5.99. The molecule has 0 unspecified atom stereocenters. The number of esters is 1. The summed E-state index contributed by atoms with van der Waals surface area (Å²) in [6.07, 6.45) is 1.64. The summed E-state index contributed by atoms with van der Waals surface area (Å²) in [5.41, 5.74) is 9.13. The molecule has 0 saturated heterocycles. The minimum absolute atomic E-state index is 0.100. The van der Waals surface area contributed by atoms with Gasteiger partial charge in [0.1, 0.15) is 0 Å². The van der Waals surface area contributed by atoms with Crippen molar-refractivity contribution in [2.75, 3.05) is 13.7 Å². The maximum atomic E-state index is 11.9. The molecule has 0 aliphatic heterocycles. The van der Waals surface area contributed by atoms with E-state index in [1.165, 1.54) is 31.4 Å². The van der Waals surface area contributed by atoms with Gasteiger partial charge in [-0.1, -0.05) is 29.4 Å². The van der Waals surface area contributed by atoms with E-state index in [0.717, 1.165) is 0 Å². The third kappa shape index (κ3) is 7.10. The summed E-state index contributed by atoms with van der Waals surface area (Å²) in [5, 5.41) is 5.94. The minimum Gasteiger partial charge on any atom is -0.469 e. The molecule has 122 valence electrons. The van der Waals surface area contributed by atoms with Gasteiger partial charge in [-0.15, -0.1) is 0 Å². The average molecular weight is 318 g/mol. The van der Waals surface area contributed by atoms with E-state index in [1.807, 2.05) is 0 Å². The van der Waals surface area contributed by atoms with Crippen molar-refractivity contribution in [1.82, 2.24) is 5.32 Å². The first kappa shape index (κ1) is 18.2. The van der Waals surface area contributed by atoms with Crippen LogP contribution >= 0.6 is 0 Å². The number of hydrogen-bond acceptors (Lipinski definition) is 5. The summed E-state index contributed by atoms with van der Waals surface area (Å²) in [6, 6.07) is 6.13. The second-order valence-corrected chi connectivity index (χ2v) is 4.72. The first-order valence-corrected chi connectivity index (χ1v) is 7.08. The van der Waals surface area contributed by atoms with Gasteiger partial charge in [-0.2, -0.15) is 0 Å². The Morgan fingerprint density at radius 2 is 1.83 bits per heavy atom. The number of rotatable bonds is 9. The molecule has 0 saturated carbocycles. The van der Waals surface area contributed by atoms with Crippen molar-refractivity contribution in [3.05, 3.63) is 40.3 Å². The highest BCUT2D eigenvalue weighted by Gasteiger charge is 2.08. The lowest BCUT2D eigenvalue weighted by molar-refractivity contribution is -0.140. The Hall–Kier alpha value is -2.86. The van der Waals surface area contributed by atoms with Crippen LogP contribution in [0.1, 0.15) is 36.0 Å². The minimum atomic E-state index is -0.301. The third-order valence-corrected chi connectivity index (χ3v) is 3.06. The Labute approximate surface area is 133 Å². The van der Waals surface area contributed by atoms with Crippen molar-refractivity contribution in [3.63, 3.8) is 0 Å². The fraction of sp³-hybridized carbons (Fsp3) is 0.400. The number of carbonyl (C=O) groups is 3. The fourth-order valence-corrected chi connectivity index (χ4v) is 1.79. The SMILES string of the molecule is COC(=O)CCCCC(=O)NCC(=O)c1ccc(N=[N+]=[N-])cc1. The van der Waals surface area contributed by atoms with Crippen molar-refractivity contribution in [2.24, 2.45) is 5.11 Å². The Balaban J connectivity index is 2.30. The maximum Gasteiger partial charge on any atom is 0.305 e. The summed E-state index contributed by atoms with van der Waals surface area (Å²) < 4.78 is 4.50. The number of amides is 1. The molecular weight excluding hydrogens is 300 g/mol. The lowest BCUT2D eigenvalue weighted by Crippen LogP contribution is -2.29. The lowest BCUT2D eigenvalue weighted by atomic mass is 10.1. The number of carbonyl (C=O) groups excluding carboxylic acids is 3. The summed E-state index contributed by atoms with van der Waals surface area (Å²) in [4.78, 5) is 37.0. The molecule has 0 bridgehead atoms. The normalized spacial score (nSPS) is 9.61. The number of azide groups is 1. The van der Waals surface area contributed by atoms with Crippen LogP contribution in [0, 0.1) is 0 Å². The van der Waals surface area contributed by atoms with Crippen molar-refractivity contribution in [3.8, 4) is 0 Å². The van der Waals surface area contributed by atoms with Crippen LogP contribution in [0.25, 0.3) is 10.4 Å². The monoisotopic (exact) mass is 318 g/mol. The number of unbranched alkanes of at least 4 members (excludes halogenated alkanes) is 1. The molecule has 0 aliphatic carbocycles. The third-order valence-electron chi connectivity index (χ3n) is 3.06. The zero-order valence-corrected chi connectivity index (χ0v) is 12.8. The van der Waals surface area contributed by atoms with E-state index in [-0.39, 0.29) is 37.0 Å². The molecule has 23 heavy (non-hydrogen) atoms. The number of nitrogens with zero attached hydrogens (tertiary/aromatic N) is 3. The number of nitrogens with one attached hydrogen (secondary N) is 1. The molecule has 0 spiro atoms. The van der Waals surface area contributed by atoms with Crippen molar-refractivity contribution < 1.29 is 19.1 Å². The standard InChI is InChI=1S/C15H18N4O4/c1-23-15(22)5-3-2-4-14(21)17-10-13(20)11-6-8-12(9-7-11)18-19-16/h6-9H,2-5,10H2,1H3,(H,17,21). The van der Waals surface area contributed by atoms with E-state index in [4.69, 9.17) is 5.53 Å². The van der Waals surface area contributed by atoms with E-state index in [0.29, 0.717) is 24.1 Å². The van der Waals surface area contributed by atoms with Gasteiger partial charge in [0.15, 0.2) is 5.78 Å². The van der Waals surface area contributed by atoms with E-state index in [9.17, 15) is 14.4 Å². The topological polar surface area (TPSA) is 121 Å². The second kappa shape index (κ2) is 9.97. The van der Waals surface area contributed by atoms with Crippen LogP contribution in [-0.2, 0) is 14.3 Å². The molecule has 1 rings (SSSR count). The van der Waals surface area contributed by atoms with Crippen molar-refractivity contribution in [2.45, 2.75) is 25.7 Å². The van der Waals surface area contributed by atoms with Crippen LogP contribution in [0.3, 0.4) is 0 Å².